The fraction of sp³-hybridized carbons (Fsp3) is 0.559. The standard InChI is InChI=1S/C34H45N3O5/c1-19-26-15-22(34(26,3)4)16-27(19)35-33(40)31-30(20(2)39)29(18-38)42-37(31)17-21-9-7-11-25(32(21)41-6)23-10-8-12-28-24(23)13-14-36(28)5/h7-14,19-20,22,26-27,29-31,38-39H,15-18H2,1-6H3,(H,35,40)/t19-,20-,22+,26-,27-,29-,30-,31-/m0/s1. The van der Waals surface area contributed by atoms with E-state index in [-0.39, 0.29) is 25.1 Å². The first-order valence-corrected chi connectivity index (χ1v) is 15.3. The van der Waals surface area contributed by atoms with Crippen LogP contribution in [0.15, 0.2) is 48.7 Å². The number of hydroxylamine groups is 2. The Morgan fingerprint density at radius 3 is 2.57 bits per heavy atom. The molecule has 2 bridgehead atoms. The first kappa shape index (κ1) is 29.2. The molecule has 8 heteroatoms. The molecule has 1 aliphatic heterocycles. The third-order valence-corrected chi connectivity index (χ3v) is 10.9. The Hall–Kier alpha value is -2.91. The maximum Gasteiger partial charge on any atom is 0.240 e. The molecule has 1 aromatic heterocycles. The second-order valence-corrected chi connectivity index (χ2v) is 13.4. The smallest absolute Gasteiger partial charge is 0.240 e. The van der Waals surface area contributed by atoms with Crippen LogP contribution < -0.4 is 10.1 Å². The van der Waals surface area contributed by atoms with Crippen LogP contribution in [-0.2, 0) is 23.2 Å². The van der Waals surface area contributed by atoms with E-state index in [4.69, 9.17) is 9.57 Å². The third-order valence-electron chi connectivity index (χ3n) is 10.9. The molecule has 2 heterocycles. The Balaban J connectivity index is 1.31. The van der Waals surface area contributed by atoms with Gasteiger partial charge < -0.3 is 24.8 Å². The lowest BCUT2D eigenvalue weighted by molar-refractivity contribution is -0.183. The number of rotatable bonds is 8. The third kappa shape index (κ3) is 4.64. The van der Waals surface area contributed by atoms with Crippen molar-refractivity contribution in [2.45, 2.75) is 71.4 Å². The van der Waals surface area contributed by atoms with Crippen molar-refractivity contribution < 1.29 is 24.6 Å². The quantitative estimate of drug-likeness (QED) is 0.366. The topological polar surface area (TPSA) is 96.2 Å². The minimum atomic E-state index is -0.845. The van der Waals surface area contributed by atoms with Crippen molar-refractivity contribution in [3.8, 4) is 16.9 Å². The van der Waals surface area contributed by atoms with Crippen molar-refractivity contribution in [3.05, 3.63) is 54.2 Å². The van der Waals surface area contributed by atoms with Crippen molar-refractivity contribution in [2.75, 3.05) is 13.7 Å². The van der Waals surface area contributed by atoms with Gasteiger partial charge in [-0.2, -0.15) is 5.06 Å². The highest BCUT2D eigenvalue weighted by molar-refractivity contribution is 5.97. The van der Waals surface area contributed by atoms with Gasteiger partial charge in [-0.1, -0.05) is 51.1 Å². The molecule has 3 aromatic rings. The Morgan fingerprint density at radius 2 is 1.90 bits per heavy atom. The van der Waals surface area contributed by atoms with Crippen molar-refractivity contribution in [1.82, 2.24) is 14.9 Å². The zero-order chi connectivity index (χ0) is 29.9. The SMILES string of the molecule is COc1c(CN2O[C@@H](CO)[C@H]([C@H](C)O)[C@H]2C(=O)N[C@H]2C[C@H]3C[C@@H]([C@@H]2C)C3(C)C)cccc1-c1cccc2c1ccn2C. The number of amides is 1. The summed E-state index contributed by atoms with van der Waals surface area (Å²) < 4.78 is 8.10. The van der Waals surface area contributed by atoms with E-state index in [0.29, 0.717) is 28.9 Å². The molecule has 226 valence electrons. The number of ether oxygens (including phenoxy) is 1. The van der Waals surface area contributed by atoms with E-state index >= 15 is 0 Å². The van der Waals surface area contributed by atoms with Gasteiger partial charge in [0.05, 0.1) is 26.4 Å². The maximum absolute atomic E-state index is 14.1. The summed E-state index contributed by atoms with van der Waals surface area (Å²) in [5.41, 5.74) is 4.32. The number of nitrogens with one attached hydrogen (secondary N) is 1. The number of para-hydroxylation sites is 1. The molecule has 3 aliphatic carbocycles. The van der Waals surface area contributed by atoms with Gasteiger partial charge >= 0.3 is 0 Å². The van der Waals surface area contributed by atoms with Gasteiger partial charge in [-0.3, -0.25) is 9.63 Å². The van der Waals surface area contributed by atoms with E-state index in [1.807, 2.05) is 31.3 Å². The molecule has 2 aromatic carbocycles. The predicted octanol–water partition coefficient (Wildman–Crippen LogP) is 4.51. The highest BCUT2D eigenvalue weighted by atomic mass is 16.7. The second kappa shape index (κ2) is 11.0. The van der Waals surface area contributed by atoms with Crippen molar-refractivity contribution in [1.29, 1.82) is 0 Å². The van der Waals surface area contributed by atoms with Crippen molar-refractivity contribution in [3.63, 3.8) is 0 Å². The summed E-state index contributed by atoms with van der Waals surface area (Å²) in [4.78, 5) is 20.3. The summed E-state index contributed by atoms with van der Waals surface area (Å²) in [6.07, 6.45) is 2.71. The lowest BCUT2D eigenvalue weighted by Crippen LogP contribution is -2.62. The molecular weight excluding hydrogens is 530 g/mol. The number of carbonyl (C=O) groups excluding carboxylic acids is 1. The van der Waals surface area contributed by atoms with E-state index in [9.17, 15) is 15.0 Å². The van der Waals surface area contributed by atoms with Crippen LogP contribution in [0.4, 0.5) is 0 Å². The number of hydrogen-bond acceptors (Lipinski definition) is 6. The summed E-state index contributed by atoms with van der Waals surface area (Å²) in [6, 6.07) is 13.7. The predicted molar refractivity (Wildman–Crippen MR) is 162 cm³/mol. The van der Waals surface area contributed by atoms with Gasteiger partial charge in [0.25, 0.3) is 0 Å². The average Bonchev–Trinajstić information content (AvgIpc) is 3.54. The van der Waals surface area contributed by atoms with Crippen LogP contribution >= 0.6 is 0 Å². The molecule has 3 N–H and O–H groups in total. The second-order valence-electron chi connectivity index (χ2n) is 13.4. The summed E-state index contributed by atoms with van der Waals surface area (Å²) >= 11 is 0. The molecule has 1 amide bonds. The molecule has 4 fully saturated rings. The van der Waals surface area contributed by atoms with E-state index in [1.54, 1.807) is 19.1 Å². The number of aliphatic hydroxyl groups excluding tert-OH is 2. The molecule has 0 unspecified atom stereocenters. The molecular formula is C34H45N3O5. The van der Waals surface area contributed by atoms with E-state index in [1.165, 1.54) is 6.42 Å². The summed E-state index contributed by atoms with van der Waals surface area (Å²) in [5.74, 6) is 1.56. The Morgan fingerprint density at radius 1 is 1.17 bits per heavy atom. The molecule has 4 aliphatic rings. The summed E-state index contributed by atoms with van der Waals surface area (Å²) in [7, 11) is 3.69. The first-order chi connectivity index (χ1) is 20.1. The highest BCUT2D eigenvalue weighted by Gasteiger charge is 2.57. The number of aromatic nitrogens is 1. The number of benzene rings is 2. The Kier molecular flexibility index (Phi) is 7.63. The van der Waals surface area contributed by atoms with Crippen LogP contribution in [0.1, 0.15) is 46.1 Å². The monoisotopic (exact) mass is 575 g/mol. The molecule has 0 radical (unpaired) electrons. The number of hydrogen-bond donors (Lipinski definition) is 3. The van der Waals surface area contributed by atoms with Crippen LogP contribution in [0.3, 0.4) is 0 Å². The van der Waals surface area contributed by atoms with Crippen molar-refractivity contribution in [2.24, 2.45) is 36.1 Å². The zero-order valence-electron chi connectivity index (χ0n) is 25.6. The molecule has 3 saturated carbocycles. The van der Waals surface area contributed by atoms with Gasteiger partial charge in [0.1, 0.15) is 17.9 Å². The number of aryl methyl sites for hydroxylation is 1. The van der Waals surface area contributed by atoms with Gasteiger partial charge in [-0.25, -0.2) is 0 Å². The normalized spacial score (nSPS) is 31.1. The lowest BCUT2D eigenvalue weighted by atomic mass is 9.45. The lowest BCUT2D eigenvalue weighted by Gasteiger charge is -2.62. The van der Waals surface area contributed by atoms with Gasteiger partial charge in [-0.15, -0.1) is 0 Å². The fourth-order valence-electron chi connectivity index (χ4n) is 8.35. The van der Waals surface area contributed by atoms with Gasteiger partial charge in [0.2, 0.25) is 5.91 Å². The summed E-state index contributed by atoms with van der Waals surface area (Å²) in [6.45, 7) is 8.59. The van der Waals surface area contributed by atoms with Crippen LogP contribution in [0, 0.1) is 29.1 Å². The molecule has 7 rings (SSSR count). The van der Waals surface area contributed by atoms with E-state index in [0.717, 1.165) is 34.0 Å². The molecule has 8 atom stereocenters. The largest absolute Gasteiger partial charge is 0.496 e. The maximum atomic E-state index is 14.1. The fourth-order valence-corrected chi connectivity index (χ4v) is 8.35. The van der Waals surface area contributed by atoms with Crippen molar-refractivity contribution >= 4 is 16.8 Å². The molecule has 0 spiro atoms. The van der Waals surface area contributed by atoms with E-state index in [2.05, 4.69) is 55.1 Å². The minimum absolute atomic E-state index is 0.0863. The number of nitrogens with zero attached hydrogens (tertiary/aromatic N) is 2. The Bertz CT molecular complexity index is 1460. The number of aliphatic hydroxyl groups is 2. The van der Waals surface area contributed by atoms with Crippen LogP contribution in [0.5, 0.6) is 5.75 Å². The van der Waals surface area contributed by atoms with Crippen LogP contribution in [0.25, 0.3) is 22.0 Å². The van der Waals surface area contributed by atoms with Crippen LogP contribution in [-0.4, -0.2) is 63.8 Å². The highest BCUT2D eigenvalue weighted by Crippen LogP contribution is 2.61. The number of methoxy groups -OCH3 is 1. The number of fused-ring (bicyclic) bond motifs is 3. The average molecular weight is 576 g/mol. The molecule has 1 saturated heterocycles. The zero-order valence-corrected chi connectivity index (χ0v) is 25.6. The minimum Gasteiger partial charge on any atom is -0.496 e. The van der Waals surface area contributed by atoms with Gasteiger partial charge in [-0.05, 0) is 60.6 Å². The van der Waals surface area contributed by atoms with Gasteiger partial charge in [0, 0.05) is 47.2 Å². The molecule has 42 heavy (non-hydrogen) atoms. The first-order valence-electron chi connectivity index (χ1n) is 15.3. The summed E-state index contributed by atoms with van der Waals surface area (Å²) in [5, 5.41) is 27.1. The Labute approximate surface area is 248 Å². The van der Waals surface area contributed by atoms with E-state index < -0.39 is 24.2 Å². The van der Waals surface area contributed by atoms with Gasteiger partial charge in [0.15, 0.2) is 0 Å². The van der Waals surface area contributed by atoms with Crippen LogP contribution in [0.2, 0.25) is 0 Å². The number of carbonyl (C=O) groups is 1. The molecule has 8 nitrogen and oxygen atoms in total.